The van der Waals surface area contributed by atoms with E-state index in [4.69, 9.17) is 14.2 Å². The number of rotatable bonds is 7. The number of aromatic nitrogens is 2. The standard InChI is InChI=1S/C20H24N2O3/c1-5-6-9-25-19-12-15(10-16-20(19)22(2)13-21-16)14-7-8-17(23-3)18(11-14)24-4/h7-8,10-13H,5-6,9H2,1-4H3. The van der Waals surface area contributed by atoms with E-state index in [0.717, 1.165) is 40.8 Å². The molecule has 0 aliphatic carbocycles. The Hall–Kier alpha value is -2.69. The highest BCUT2D eigenvalue weighted by Gasteiger charge is 2.13. The first-order valence-corrected chi connectivity index (χ1v) is 8.48. The van der Waals surface area contributed by atoms with E-state index >= 15 is 0 Å². The van der Waals surface area contributed by atoms with Crippen LogP contribution in [0.3, 0.4) is 0 Å². The number of ether oxygens (including phenoxy) is 3. The molecule has 0 aliphatic heterocycles. The molecule has 0 bridgehead atoms. The summed E-state index contributed by atoms with van der Waals surface area (Å²) in [5.41, 5.74) is 4.01. The van der Waals surface area contributed by atoms with Crippen LogP contribution in [0.5, 0.6) is 17.2 Å². The zero-order valence-corrected chi connectivity index (χ0v) is 15.2. The Morgan fingerprint density at radius 1 is 0.960 bits per heavy atom. The molecule has 0 spiro atoms. The summed E-state index contributed by atoms with van der Waals surface area (Å²) in [6, 6.07) is 10.0. The van der Waals surface area contributed by atoms with Gasteiger partial charge in [-0.15, -0.1) is 0 Å². The summed E-state index contributed by atoms with van der Waals surface area (Å²) < 4.78 is 18.8. The van der Waals surface area contributed by atoms with Crippen molar-refractivity contribution in [1.82, 2.24) is 9.55 Å². The van der Waals surface area contributed by atoms with Gasteiger partial charge in [-0.05, 0) is 41.8 Å². The van der Waals surface area contributed by atoms with E-state index in [2.05, 4.69) is 24.0 Å². The lowest BCUT2D eigenvalue weighted by molar-refractivity contribution is 0.312. The maximum absolute atomic E-state index is 6.05. The second kappa shape index (κ2) is 7.47. The van der Waals surface area contributed by atoms with Crippen molar-refractivity contribution in [1.29, 1.82) is 0 Å². The molecular weight excluding hydrogens is 316 g/mol. The van der Waals surface area contributed by atoms with Gasteiger partial charge in [-0.1, -0.05) is 19.4 Å². The molecule has 1 heterocycles. The summed E-state index contributed by atoms with van der Waals surface area (Å²) in [6.45, 7) is 2.86. The van der Waals surface area contributed by atoms with Gasteiger partial charge in [0, 0.05) is 7.05 Å². The minimum Gasteiger partial charge on any atom is -0.493 e. The number of nitrogens with zero attached hydrogens (tertiary/aromatic N) is 2. The van der Waals surface area contributed by atoms with Gasteiger partial charge in [-0.25, -0.2) is 4.98 Å². The summed E-state index contributed by atoms with van der Waals surface area (Å²) in [4.78, 5) is 4.50. The van der Waals surface area contributed by atoms with E-state index in [9.17, 15) is 0 Å². The number of hydrogen-bond acceptors (Lipinski definition) is 4. The topological polar surface area (TPSA) is 45.5 Å². The van der Waals surface area contributed by atoms with E-state index in [1.807, 2.05) is 36.1 Å². The van der Waals surface area contributed by atoms with E-state index < -0.39 is 0 Å². The molecule has 2 aromatic carbocycles. The van der Waals surface area contributed by atoms with Crippen molar-refractivity contribution in [2.24, 2.45) is 7.05 Å². The lowest BCUT2D eigenvalue weighted by Gasteiger charge is -2.13. The monoisotopic (exact) mass is 340 g/mol. The van der Waals surface area contributed by atoms with Crippen LogP contribution in [0.25, 0.3) is 22.2 Å². The fraction of sp³-hybridized carbons (Fsp3) is 0.350. The lowest BCUT2D eigenvalue weighted by Crippen LogP contribution is -1.99. The summed E-state index contributed by atoms with van der Waals surface area (Å²) in [5, 5.41) is 0. The fourth-order valence-electron chi connectivity index (χ4n) is 2.87. The van der Waals surface area contributed by atoms with E-state index in [-0.39, 0.29) is 0 Å². The zero-order chi connectivity index (χ0) is 17.8. The summed E-state index contributed by atoms with van der Waals surface area (Å²) in [5.74, 6) is 2.27. The van der Waals surface area contributed by atoms with Crippen LogP contribution in [0.2, 0.25) is 0 Å². The van der Waals surface area contributed by atoms with Crippen LogP contribution < -0.4 is 14.2 Å². The SMILES string of the molecule is CCCCOc1cc(-c2ccc(OC)c(OC)c2)cc2ncn(C)c12. The number of benzene rings is 2. The van der Waals surface area contributed by atoms with Crippen LogP contribution in [0.1, 0.15) is 19.8 Å². The molecule has 0 radical (unpaired) electrons. The Morgan fingerprint density at radius 3 is 2.44 bits per heavy atom. The molecule has 0 N–H and O–H groups in total. The molecule has 3 aromatic rings. The van der Waals surface area contributed by atoms with E-state index in [0.29, 0.717) is 18.1 Å². The lowest BCUT2D eigenvalue weighted by atomic mass is 10.0. The molecule has 0 atom stereocenters. The number of methoxy groups -OCH3 is 2. The van der Waals surface area contributed by atoms with Gasteiger partial charge in [-0.2, -0.15) is 0 Å². The van der Waals surface area contributed by atoms with Crippen LogP contribution in [0.4, 0.5) is 0 Å². The second-order valence-electron chi connectivity index (χ2n) is 5.97. The van der Waals surface area contributed by atoms with Crippen LogP contribution in [0, 0.1) is 0 Å². The molecule has 132 valence electrons. The highest BCUT2D eigenvalue weighted by molar-refractivity contribution is 5.88. The minimum atomic E-state index is 0.701. The number of hydrogen-bond donors (Lipinski definition) is 0. The van der Waals surface area contributed by atoms with Gasteiger partial charge in [0.05, 0.1) is 32.7 Å². The number of imidazole rings is 1. The maximum Gasteiger partial charge on any atom is 0.161 e. The Morgan fingerprint density at radius 2 is 1.72 bits per heavy atom. The predicted molar refractivity (Wildman–Crippen MR) is 99.7 cm³/mol. The van der Waals surface area contributed by atoms with Crippen LogP contribution in [0.15, 0.2) is 36.7 Å². The molecule has 5 nitrogen and oxygen atoms in total. The van der Waals surface area contributed by atoms with Crippen molar-refractivity contribution >= 4 is 11.0 Å². The number of fused-ring (bicyclic) bond motifs is 1. The van der Waals surface area contributed by atoms with Gasteiger partial charge in [0.2, 0.25) is 0 Å². The van der Waals surface area contributed by atoms with Crippen LogP contribution in [-0.2, 0) is 7.05 Å². The molecule has 0 saturated carbocycles. The smallest absolute Gasteiger partial charge is 0.161 e. The molecule has 0 fully saturated rings. The maximum atomic E-state index is 6.05. The van der Waals surface area contributed by atoms with Gasteiger partial charge in [-0.3, -0.25) is 0 Å². The fourth-order valence-corrected chi connectivity index (χ4v) is 2.87. The van der Waals surface area contributed by atoms with Crippen molar-refractivity contribution in [2.45, 2.75) is 19.8 Å². The van der Waals surface area contributed by atoms with Gasteiger partial charge >= 0.3 is 0 Å². The summed E-state index contributed by atoms with van der Waals surface area (Å²) in [6.07, 6.45) is 3.94. The zero-order valence-electron chi connectivity index (χ0n) is 15.2. The molecule has 0 aliphatic rings. The van der Waals surface area contributed by atoms with Gasteiger partial charge < -0.3 is 18.8 Å². The highest BCUT2D eigenvalue weighted by atomic mass is 16.5. The number of unbranched alkanes of at least 4 members (excludes halogenated alkanes) is 1. The van der Waals surface area contributed by atoms with Crippen molar-refractivity contribution in [3.63, 3.8) is 0 Å². The van der Waals surface area contributed by atoms with Crippen molar-refractivity contribution in [3.8, 4) is 28.4 Å². The van der Waals surface area contributed by atoms with Crippen LogP contribution >= 0.6 is 0 Å². The average molecular weight is 340 g/mol. The third-order valence-electron chi connectivity index (χ3n) is 4.25. The minimum absolute atomic E-state index is 0.701. The van der Waals surface area contributed by atoms with Crippen LogP contribution in [-0.4, -0.2) is 30.4 Å². The highest BCUT2D eigenvalue weighted by Crippen LogP contribution is 2.36. The van der Waals surface area contributed by atoms with Gasteiger partial charge in [0.25, 0.3) is 0 Å². The Bertz CT molecular complexity index is 871. The molecule has 0 unspecified atom stereocenters. The molecule has 25 heavy (non-hydrogen) atoms. The van der Waals surface area contributed by atoms with E-state index in [1.54, 1.807) is 14.2 Å². The van der Waals surface area contributed by atoms with Gasteiger partial charge in [0.1, 0.15) is 11.3 Å². The molecular formula is C20H24N2O3. The van der Waals surface area contributed by atoms with E-state index in [1.165, 1.54) is 0 Å². The van der Waals surface area contributed by atoms with Crippen molar-refractivity contribution in [3.05, 3.63) is 36.7 Å². The van der Waals surface area contributed by atoms with Gasteiger partial charge in [0.15, 0.2) is 11.5 Å². The molecule has 0 amide bonds. The third-order valence-corrected chi connectivity index (χ3v) is 4.25. The quantitative estimate of drug-likeness (QED) is 0.597. The third kappa shape index (κ3) is 3.40. The molecule has 0 saturated heterocycles. The average Bonchev–Trinajstić information content (AvgIpc) is 3.02. The summed E-state index contributed by atoms with van der Waals surface area (Å²) >= 11 is 0. The van der Waals surface area contributed by atoms with Crippen molar-refractivity contribution in [2.75, 3.05) is 20.8 Å². The molecule has 1 aromatic heterocycles. The van der Waals surface area contributed by atoms with Crippen molar-refractivity contribution < 1.29 is 14.2 Å². The molecule has 3 rings (SSSR count). The molecule has 5 heteroatoms. The predicted octanol–water partition coefficient (Wildman–Crippen LogP) is 4.44. The largest absolute Gasteiger partial charge is 0.493 e. The first-order chi connectivity index (χ1) is 12.2. The number of aryl methyl sites for hydroxylation is 1. The first-order valence-electron chi connectivity index (χ1n) is 8.48. The Labute approximate surface area is 148 Å². The first kappa shape index (κ1) is 17.1. The second-order valence-corrected chi connectivity index (χ2v) is 5.97. The normalized spacial score (nSPS) is 10.9. The Kier molecular flexibility index (Phi) is 5.12. The Balaban J connectivity index is 2.07. The summed E-state index contributed by atoms with van der Waals surface area (Å²) in [7, 11) is 5.26.